The van der Waals surface area contributed by atoms with E-state index in [2.05, 4.69) is 49.5 Å². The van der Waals surface area contributed by atoms with E-state index in [0.29, 0.717) is 12.0 Å². The number of nitrogens with one attached hydrogen (secondary N) is 1. The monoisotopic (exact) mass is 363 g/mol. The number of anilines is 1. The molecule has 1 aromatic rings. The Morgan fingerprint density at radius 3 is 2.93 bits per heavy atom. The Bertz CT molecular complexity index is 854. The molecule has 1 unspecified atom stereocenters. The van der Waals surface area contributed by atoms with Gasteiger partial charge in [0, 0.05) is 35.7 Å². The van der Waals surface area contributed by atoms with Crippen LogP contribution in [0.5, 0.6) is 0 Å². The molecule has 3 nitrogen and oxygen atoms in total. The maximum absolute atomic E-state index is 12.2. The summed E-state index contributed by atoms with van der Waals surface area (Å²) in [5, 5.41) is 3.72. The van der Waals surface area contributed by atoms with Crippen LogP contribution in [0.4, 0.5) is 5.69 Å². The Labute approximate surface area is 162 Å². The number of nitrogens with zero attached hydrogens (tertiary/aromatic N) is 1. The number of hydrogen-bond donors (Lipinski definition) is 1. The van der Waals surface area contributed by atoms with Gasteiger partial charge in [-0.3, -0.25) is 4.79 Å². The number of aldehydes is 1. The van der Waals surface area contributed by atoms with Crippen LogP contribution in [0, 0.1) is 5.92 Å². The summed E-state index contributed by atoms with van der Waals surface area (Å²) in [7, 11) is 0. The molecule has 0 amide bonds. The molecule has 3 aliphatic heterocycles. The lowest BCUT2D eigenvalue weighted by Crippen LogP contribution is -2.63. The van der Waals surface area contributed by atoms with Crippen molar-refractivity contribution in [2.24, 2.45) is 5.92 Å². The first-order valence-electron chi connectivity index (χ1n) is 10.8. The fraction of sp³-hybridized carbons (Fsp3) is 0.542. The van der Waals surface area contributed by atoms with Crippen LogP contribution in [0.2, 0.25) is 0 Å². The topological polar surface area (TPSA) is 29.1 Å². The molecule has 4 aliphatic rings. The predicted molar refractivity (Wildman–Crippen MR) is 109 cm³/mol. The average Bonchev–Trinajstić information content (AvgIpc) is 3.22. The molecule has 27 heavy (non-hydrogen) atoms. The first kappa shape index (κ1) is 17.2. The van der Waals surface area contributed by atoms with Crippen LogP contribution < -0.4 is 5.32 Å². The lowest BCUT2D eigenvalue weighted by molar-refractivity contribution is -0.941. The molecular weight excluding hydrogens is 332 g/mol. The molecule has 5 rings (SSSR count). The van der Waals surface area contributed by atoms with E-state index < -0.39 is 0 Å². The number of rotatable bonds is 5. The normalized spacial score (nSPS) is 37.2. The van der Waals surface area contributed by atoms with Gasteiger partial charge < -0.3 is 9.80 Å². The summed E-state index contributed by atoms with van der Waals surface area (Å²) in [4.78, 5) is 12.2. The van der Waals surface area contributed by atoms with Crippen molar-refractivity contribution in [2.45, 2.75) is 57.4 Å². The maximum Gasteiger partial charge on any atom is 0.148 e. The highest BCUT2D eigenvalue weighted by Gasteiger charge is 2.68. The number of quaternary nitrogens is 1. The number of unbranched alkanes of at least 4 members (excludes halogenated alkanes) is 2. The molecule has 2 bridgehead atoms. The van der Waals surface area contributed by atoms with Crippen LogP contribution in [0.1, 0.15) is 51.5 Å². The summed E-state index contributed by atoms with van der Waals surface area (Å²) < 4.78 is 1.24. The van der Waals surface area contributed by atoms with Crippen molar-refractivity contribution in [3.63, 3.8) is 0 Å². The highest BCUT2D eigenvalue weighted by atomic mass is 16.1. The van der Waals surface area contributed by atoms with Crippen molar-refractivity contribution in [1.29, 1.82) is 0 Å². The van der Waals surface area contributed by atoms with Crippen molar-refractivity contribution in [3.05, 3.63) is 52.7 Å². The Morgan fingerprint density at radius 1 is 1.30 bits per heavy atom. The fourth-order valence-corrected chi connectivity index (χ4v) is 6.91. The Kier molecular flexibility index (Phi) is 3.87. The predicted octanol–water partition coefficient (Wildman–Crippen LogP) is 4.56. The number of carbonyl (C=O) groups is 1. The fourth-order valence-electron chi connectivity index (χ4n) is 6.91. The second-order valence-corrected chi connectivity index (χ2v) is 9.04. The van der Waals surface area contributed by atoms with Crippen LogP contribution in [-0.4, -0.2) is 36.4 Å². The summed E-state index contributed by atoms with van der Waals surface area (Å²) in [6.07, 6.45) is 9.70. The lowest BCUT2D eigenvalue weighted by atomic mass is 9.61. The minimum absolute atomic E-state index is 0.0365. The van der Waals surface area contributed by atoms with E-state index in [-0.39, 0.29) is 5.41 Å². The summed E-state index contributed by atoms with van der Waals surface area (Å²) in [5.74, 6) is 0.318. The van der Waals surface area contributed by atoms with Gasteiger partial charge in [0.25, 0.3) is 0 Å². The van der Waals surface area contributed by atoms with Crippen LogP contribution in [0.15, 0.2) is 47.2 Å². The van der Waals surface area contributed by atoms with Crippen LogP contribution in [-0.2, 0) is 10.2 Å². The smallest absolute Gasteiger partial charge is 0.148 e. The Hall–Kier alpha value is -1.87. The third kappa shape index (κ3) is 2.09. The highest BCUT2D eigenvalue weighted by molar-refractivity contribution is 5.84. The van der Waals surface area contributed by atoms with Gasteiger partial charge >= 0.3 is 0 Å². The van der Waals surface area contributed by atoms with Crippen LogP contribution in [0.25, 0.3) is 0 Å². The van der Waals surface area contributed by atoms with E-state index >= 15 is 0 Å². The van der Waals surface area contributed by atoms with E-state index in [4.69, 9.17) is 0 Å². The van der Waals surface area contributed by atoms with Crippen molar-refractivity contribution in [2.75, 3.05) is 25.0 Å². The van der Waals surface area contributed by atoms with Crippen LogP contribution in [0.3, 0.4) is 0 Å². The van der Waals surface area contributed by atoms with E-state index in [0.717, 1.165) is 24.8 Å². The van der Waals surface area contributed by atoms with Gasteiger partial charge in [-0.1, -0.05) is 37.6 Å². The Balaban J connectivity index is 1.71. The van der Waals surface area contributed by atoms with Gasteiger partial charge in [-0.25, -0.2) is 0 Å². The summed E-state index contributed by atoms with van der Waals surface area (Å²) in [6, 6.07) is 9.41. The third-order valence-corrected chi connectivity index (χ3v) is 8.07. The van der Waals surface area contributed by atoms with E-state index in [1.54, 1.807) is 0 Å². The quantitative estimate of drug-likeness (QED) is 0.360. The number of piperidine rings is 1. The Morgan fingerprint density at radius 2 is 2.15 bits per heavy atom. The molecule has 2 saturated heterocycles. The molecule has 1 spiro atoms. The third-order valence-electron chi connectivity index (χ3n) is 8.07. The van der Waals surface area contributed by atoms with Gasteiger partial charge in [0.05, 0.1) is 18.5 Å². The van der Waals surface area contributed by atoms with E-state index in [1.807, 2.05) is 0 Å². The SMILES string of the molecule is C/C=C1\C[N+]2(CCCCC)CC[C@]34C(=C(C=O)[C@H]1C[C@@H]32)Nc1ccccc14. The molecule has 1 N–H and O–H groups in total. The van der Waals surface area contributed by atoms with Crippen molar-refractivity contribution >= 4 is 12.0 Å². The first-order chi connectivity index (χ1) is 13.2. The highest BCUT2D eigenvalue weighted by Crippen LogP contribution is 2.63. The van der Waals surface area contributed by atoms with Crippen molar-refractivity contribution in [1.82, 2.24) is 0 Å². The average molecular weight is 364 g/mol. The summed E-state index contributed by atoms with van der Waals surface area (Å²) in [6.45, 7) is 8.13. The van der Waals surface area contributed by atoms with Gasteiger partial charge in [0.1, 0.15) is 18.9 Å². The summed E-state index contributed by atoms with van der Waals surface area (Å²) in [5.41, 5.74) is 6.48. The van der Waals surface area contributed by atoms with Crippen molar-refractivity contribution < 1.29 is 9.28 Å². The number of fused-ring (bicyclic) bond motifs is 2. The molecule has 0 aromatic heterocycles. The number of carbonyl (C=O) groups excluding carboxylic acids is 1. The van der Waals surface area contributed by atoms with E-state index in [9.17, 15) is 4.79 Å². The maximum atomic E-state index is 12.2. The minimum Gasteiger partial charge on any atom is -0.357 e. The molecular formula is C24H31N2O+. The second-order valence-electron chi connectivity index (χ2n) is 9.04. The van der Waals surface area contributed by atoms with Gasteiger partial charge in [0.2, 0.25) is 0 Å². The molecule has 2 fully saturated rings. The van der Waals surface area contributed by atoms with Crippen molar-refractivity contribution in [3.8, 4) is 0 Å². The van der Waals surface area contributed by atoms with Crippen LogP contribution >= 0.6 is 0 Å². The lowest BCUT2D eigenvalue weighted by Gasteiger charge is -2.53. The second kappa shape index (κ2) is 6.07. The first-order valence-corrected chi connectivity index (χ1v) is 10.8. The number of para-hydroxylation sites is 1. The van der Waals surface area contributed by atoms with Gasteiger partial charge in [0.15, 0.2) is 0 Å². The molecule has 1 aliphatic carbocycles. The zero-order valence-electron chi connectivity index (χ0n) is 16.6. The summed E-state index contributed by atoms with van der Waals surface area (Å²) >= 11 is 0. The molecule has 3 heteroatoms. The minimum atomic E-state index is 0.0365. The van der Waals surface area contributed by atoms with Gasteiger partial charge in [-0.15, -0.1) is 0 Å². The van der Waals surface area contributed by atoms with Gasteiger partial charge in [-0.05, 0) is 37.0 Å². The molecule has 142 valence electrons. The van der Waals surface area contributed by atoms with Gasteiger partial charge in [-0.2, -0.15) is 0 Å². The zero-order valence-corrected chi connectivity index (χ0v) is 16.6. The molecule has 4 atom stereocenters. The van der Waals surface area contributed by atoms with E-state index in [1.165, 1.54) is 65.8 Å². The number of benzene rings is 1. The zero-order chi connectivity index (χ0) is 18.6. The molecule has 0 radical (unpaired) electrons. The largest absolute Gasteiger partial charge is 0.357 e. The number of hydrogen-bond acceptors (Lipinski definition) is 2. The molecule has 3 heterocycles. The number of allylic oxidation sites excluding steroid dienone is 2. The standard InChI is InChI=1S/C24H30N2O/c1-3-5-8-12-26-13-11-24-20-9-6-7-10-21(20)25-23(24)19(16-27)18(14-22(24)26)17(4-2)15-26/h4,6-7,9-10,16,18,22H,3,5,8,11-15H2,1-2H3/p+1/b17-4+/t18-,22-,24+,26?/m0/s1. The molecule has 0 saturated carbocycles. The molecule has 1 aromatic carbocycles.